The van der Waals surface area contributed by atoms with Crippen molar-refractivity contribution < 1.29 is 18.3 Å². The highest BCUT2D eigenvalue weighted by atomic mass is 19.1. The van der Waals surface area contributed by atoms with Crippen molar-refractivity contribution in [1.29, 1.82) is 0 Å². The number of hydrogen-bond donors (Lipinski definition) is 3. The highest BCUT2D eigenvalue weighted by molar-refractivity contribution is 6.20. The molecule has 1 saturated heterocycles. The maximum Gasteiger partial charge on any atom is 0.211 e. The molecule has 1 aromatic carbocycles. The molecule has 1 heterocycles. The molecule has 43 heavy (non-hydrogen) atoms. The number of hydrogen-bond acceptors (Lipinski definition) is 7. The zero-order valence-corrected chi connectivity index (χ0v) is 25.8. The van der Waals surface area contributed by atoms with Crippen LogP contribution < -0.4 is 21.2 Å². The van der Waals surface area contributed by atoms with Gasteiger partial charge in [0.1, 0.15) is 11.6 Å². The third-order valence-corrected chi connectivity index (χ3v) is 7.34. The van der Waals surface area contributed by atoms with Crippen LogP contribution in [-0.4, -0.2) is 42.6 Å². The van der Waals surface area contributed by atoms with Gasteiger partial charge in [0.25, 0.3) is 0 Å². The predicted octanol–water partition coefficient (Wildman–Crippen LogP) is 7.15. The van der Waals surface area contributed by atoms with E-state index >= 15 is 4.39 Å². The van der Waals surface area contributed by atoms with Crippen molar-refractivity contribution in [2.45, 2.75) is 53.0 Å². The largest absolute Gasteiger partial charge is 0.454 e. The van der Waals surface area contributed by atoms with Gasteiger partial charge in [-0.05, 0) is 95.1 Å². The summed E-state index contributed by atoms with van der Waals surface area (Å²) in [5, 5.41) is 7.17. The predicted molar refractivity (Wildman–Crippen MR) is 174 cm³/mol. The van der Waals surface area contributed by atoms with E-state index in [4.69, 9.17) is 10.5 Å². The second kappa shape index (κ2) is 17.0. The first-order valence-corrected chi connectivity index (χ1v) is 14.3. The van der Waals surface area contributed by atoms with Crippen LogP contribution in [0.3, 0.4) is 0 Å². The summed E-state index contributed by atoms with van der Waals surface area (Å²) >= 11 is 0. The fourth-order valence-corrected chi connectivity index (χ4v) is 4.48. The molecule has 2 rings (SSSR count). The molecule has 9 heteroatoms. The average molecular weight is 594 g/mol. The second-order valence-electron chi connectivity index (χ2n) is 10.8. The van der Waals surface area contributed by atoms with Gasteiger partial charge >= 0.3 is 0 Å². The zero-order valence-electron chi connectivity index (χ0n) is 25.8. The number of halogens is 2. The minimum atomic E-state index is -0.624. The van der Waals surface area contributed by atoms with Gasteiger partial charge in [0, 0.05) is 24.2 Å². The topological polar surface area (TPSA) is 92.0 Å². The van der Waals surface area contributed by atoms with Crippen LogP contribution in [0.4, 0.5) is 14.5 Å². The third kappa shape index (κ3) is 10.2. The Hall–Kier alpha value is -4.24. The van der Waals surface area contributed by atoms with Crippen molar-refractivity contribution in [2.75, 3.05) is 25.1 Å². The van der Waals surface area contributed by atoms with E-state index in [2.05, 4.69) is 54.3 Å². The summed E-state index contributed by atoms with van der Waals surface area (Å²) in [7, 11) is 0. The van der Waals surface area contributed by atoms with Gasteiger partial charge in [-0.15, -0.1) is 6.58 Å². The number of carbonyl (C=O) groups is 1. The highest BCUT2D eigenvalue weighted by Gasteiger charge is 2.34. The lowest BCUT2D eigenvalue weighted by Crippen LogP contribution is -2.42. The molecule has 1 aliphatic heterocycles. The van der Waals surface area contributed by atoms with Crippen LogP contribution in [0.25, 0.3) is 0 Å². The summed E-state index contributed by atoms with van der Waals surface area (Å²) in [6, 6.07) is 5.53. The molecule has 4 N–H and O–H groups in total. The third-order valence-electron chi connectivity index (χ3n) is 7.34. The number of anilines is 1. The Morgan fingerprint density at radius 2 is 1.88 bits per heavy atom. The van der Waals surface area contributed by atoms with Crippen LogP contribution in [0.5, 0.6) is 5.75 Å². The summed E-state index contributed by atoms with van der Waals surface area (Å²) in [5.41, 5.74) is 9.81. The number of piperidine rings is 1. The molecule has 0 unspecified atom stereocenters. The van der Waals surface area contributed by atoms with E-state index in [0.717, 1.165) is 38.2 Å². The number of allylic oxidation sites excluding steroid dienone is 7. The number of carbonyl (C=O) groups excluding carboxylic acids is 1. The Morgan fingerprint density at radius 3 is 2.44 bits per heavy atom. The van der Waals surface area contributed by atoms with Crippen LogP contribution in [0.2, 0.25) is 0 Å². The molecule has 0 bridgehead atoms. The van der Waals surface area contributed by atoms with Gasteiger partial charge in [-0.2, -0.15) is 5.10 Å². The first kappa shape index (κ1) is 35.0. The minimum Gasteiger partial charge on any atom is -0.454 e. The zero-order chi connectivity index (χ0) is 32.0. The Labute approximate surface area is 254 Å². The van der Waals surface area contributed by atoms with Crippen molar-refractivity contribution in [3.05, 3.63) is 109 Å². The fourth-order valence-electron chi connectivity index (χ4n) is 4.48. The van der Waals surface area contributed by atoms with E-state index in [1.54, 1.807) is 43.4 Å². The monoisotopic (exact) mass is 593 g/mol. The molecule has 0 saturated carbocycles. The van der Waals surface area contributed by atoms with Gasteiger partial charge in [0.2, 0.25) is 5.78 Å². The summed E-state index contributed by atoms with van der Waals surface area (Å²) in [6.07, 6.45) is 11.3. The number of rotatable bonds is 16. The highest BCUT2D eigenvalue weighted by Crippen LogP contribution is 2.39. The van der Waals surface area contributed by atoms with Crippen molar-refractivity contribution >= 4 is 17.7 Å². The summed E-state index contributed by atoms with van der Waals surface area (Å²) in [5.74, 6) is -0.782. The number of hydrazone groups is 1. The van der Waals surface area contributed by atoms with Gasteiger partial charge < -0.3 is 20.7 Å². The molecule has 7 nitrogen and oxygen atoms in total. The Kier molecular flexibility index (Phi) is 13.8. The maximum atomic E-state index is 15.2. The lowest BCUT2D eigenvalue weighted by atomic mass is 9.78. The lowest BCUT2D eigenvalue weighted by Gasteiger charge is -2.40. The quantitative estimate of drug-likeness (QED) is 0.0471. The first-order chi connectivity index (χ1) is 20.5. The van der Waals surface area contributed by atoms with E-state index in [1.165, 1.54) is 12.3 Å². The van der Waals surface area contributed by atoms with Crippen LogP contribution in [0, 0.1) is 12.3 Å². The number of nitrogens with zero attached hydrogens (tertiary/aromatic N) is 2. The van der Waals surface area contributed by atoms with Gasteiger partial charge in [-0.25, -0.2) is 8.78 Å². The summed E-state index contributed by atoms with van der Waals surface area (Å²) in [4.78, 5) is 15.6. The Morgan fingerprint density at radius 1 is 1.19 bits per heavy atom. The van der Waals surface area contributed by atoms with Crippen molar-refractivity contribution in [3.8, 4) is 5.75 Å². The molecule has 232 valence electrons. The first-order valence-electron chi connectivity index (χ1n) is 14.3. The van der Waals surface area contributed by atoms with E-state index < -0.39 is 17.0 Å². The van der Waals surface area contributed by atoms with Gasteiger partial charge in [-0.1, -0.05) is 32.2 Å². The number of aryl methyl sites for hydroxylation is 1. The average Bonchev–Trinajstić information content (AvgIpc) is 3.00. The number of Topliss-reactive ketones (excluding diaryl/α,β-unsaturated/α-hetero) is 1. The molecule has 0 aliphatic carbocycles. The smallest absolute Gasteiger partial charge is 0.211 e. The molecular formula is C34H45F2N5O2. The van der Waals surface area contributed by atoms with Crippen LogP contribution >= 0.6 is 0 Å². The molecule has 0 radical (unpaired) electrons. The number of nitrogens with one attached hydrogen (secondary N) is 2. The normalized spacial score (nSPS) is 17.0. The summed E-state index contributed by atoms with van der Waals surface area (Å²) < 4.78 is 34.7. The van der Waals surface area contributed by atoms with Crippen molar-refractivity contribution in [1.82, 2.24) is 10.2 Å². The maximum absolute atomic E-state index is 15.2. The number of ether oxygens (including phenoxy) is 1. The van der Waals surface area contributed by atoms with E-state index in [9.17, 15) is 9.18 Å². The second-order valence-corrected chi connectivity index (χ2v) is 10.8. The van der Waals surface area contributed by atoms with Crippen LogP contribution in [0.1, 0.15) is 45.6 Å². The number of likely N-dealkylation sites (tertiary alicyclic amines) is 1. The molecule has 0 amide bonds. The molecule has 1 aromatic rings. The molecule has 1 aliphatic rings. The number of ketones is 1. The number of nitrogens with two attached hydrogens (primary N) is 1. The van der Waals surface area contributed by atoms with E-state index in [-0.39, 0.29) is 29.3 Å². The fraction of sp³-hybridized carbons (Fsp3) is 0.353. The lowest BCUT2D eigenvalue weighted by molar-refractivity contribution is -0.112. The molecule has 0 spiro atoms. The van der Waals surface area contributed by atoms with E-state index in [1.807, 2.05) is 6.92 Å². The Balaban J connectivity index is 2.11. The minimum absolute atomic E-state index is 0.0404. The molecule has 0 aromatic heterocycles. The van der Waals surface area contributed by atoms with Crippen molar-refractivity contribution in [3.63, 3.8) is 0 Å². The standard InChI is InChI=1S/C34H45F2N5O2/c1-8-18-38-29(12-11-13-32(36)34(7)16-19-41(20-17-34)24(4)5)33(42)26(22-37)23-39-40-27-14-15-31(25(6)21-27)43-30(10-3)28(35)9-2/h8-10,12-15,21-24,38,40H,1-3,11,16-20,37H2,4-7H3/b26-22-,29-12-,30-28-,32-13+,39-23-. The van der Waals surface area contributed by atoms with Gasteiger partial charge in [0.05, 0.1) is 23.2 Å². The molecule has 1 fully saturated rings. The van der Waals surface area contributed by atoms with E-state index in [0.29, 0.717) is 29.6 Å². The molecular weight excluding hydrogens is 548 g/mol. The number of benzene rings is 1. The van der Waals surface area contributed by atoms with Crippen LogP contribution in [0.15, 0.2) is 108 Å². The van der Waals surface area contributed by atoms with Crippen molar-refractivity contribution in [2.24, 2.45) is 16.3 Å². The summed E-state index contributed by atoms with van der Waals surface area (Å²) in [6.45, 7) is 20.8. The SMILES string of the molecule is C=CCN/C(=C\C/C=C(/F)C1(C)CCN(C(C)C)CC1)C(=O)C(/C=N\Nc1ccc(O/C(C=C)=C(\F)C=C)c(C)c1)=C\N. The Bertz CT molecular complexity index is 1320. The molecule has 0 atom stereocenters. The van der Waals surface area contributed by atoms with Gasteiger partial charge in [0.15, 0.2) is 11.6 Å². The van der Waals surface area contributed by atoms with Gasteiger partial charge in [-0.3, -0.25) is 10.2 Å². The van der Waals surface area contributed by atoms with Crippen LogP contribution in [-0.2, 0) is 4.79 Å².